The van der Waals surface area contributed by atoms with Crippen molar-refractivity contribution in [1.82, 2.24) is 9.71 Å². The van der Waals surface area contributed by atoms with E-state index in [4.69, 9.17) is 9.82 Å². The summed E-state index contributed by atoms with van der Waals surface area (Å²) in [7, 11) is 0. The number of hydrogen-bond donors (Lipinski definition) is 1. The summed E-state index contributed by atoms with van der Waals surface area (Å²) < 4.78 is 3.87. The SMILES string of the molecule is CCCCc1nc2c[n+](O)c3cc(Br)ccc3c2n1OCc1ccccc1. The third-order valence-corrected chi connectivity index (χ3v) is 5.09. The number of nitrogens with zero attached hydrogens (tertiary/aromatic N) is 3. The smallest absolute Gasteiger partial charge is 0.267 e. The van der Waals surface area contributed by atoms with Gasteiger partial charge in [-0.1, -0.05) is 59.6 Å². The number of benzene rings is 2. The molecule has 2 aromatic heterocycles. The molecule has 0 bridgehead atoms. The summed E-state index contributed by atoms with van der Waals surface area (Å²) in [5.74, 6) is 0.873. The number of rotatable bonds is 6. The van der Waals surface area contributed by atoms with Gasteiger partial charge in [0.15, 0.2) is 5.52 Å². The summed E-state index contributed by atoms with van der Waals surface area (Å²) in [4.78, 5) is 10.9. The van der Waals surface area contributed by atoms with Crippen LogP contribution in [0.25, 0.3) is 21.9 Å². The van der Waals surface area contributed by atoms with E-state index in [-0.39, 0.29) is 0 Å². The van der Waals surface area contributed by atoms with Crippen LogP contribution in [-0.4, -0.2) is 14.9 Å². The molecule has 0 saturated heterocycles. The van der Waals surface area contributed by atoms with Gasteiger partial charge in [0.2, 0.25) is 0 Å². The Kier molecular flexibility index (Phi) is 4.99. The maximum Gasteiger partial charge on any atom is 0.267 e. The van der Waals surface area contributed by atoms with E-state index < -0.39 is 0 Å². The Morgan fingerprint density at radius 3 is 2.78 bits per heavy atom. The molecule has 138 valence electrons. The van der Waals surface area contributed by atoms with Gasteiger partial charge in [-0.05, 0) is 24.1 Å². The van der Waals surface area contributed by atoms with Gasteiger partial charge >= 0.3 is 0 Å². The molecule has 0 aliphatic rings. The van der Waals surface area contributed by atoms with Crippen LogP contribution in [0.1, 0.15) is 31.2 Å². The lowest BCUT2D eigenvalue weighted by molar-refractivity contribution is -0.883. The first-order valence-corrected chi connectivity index (χ1v) is 9.88. The van der Waals surface area contributed by atoms with Crippen LogP contribution in [0, 0.1) is 0 Å². The standard InChI is InChI=1S/C21H21BrN3O2/c1-2-3-9-20-23-18-13-24(26)19-12-16(22)10-11-17(19)21(18)25(20)27-14-15-7-5-4-6-8-15/h4-8,10-13,26H,2-3,9,14H2,1H3/q+1. The molecule has 0 amide bonds. The number of halogens is 1. The van der Waals surface area contributed by atoms with E-state index in [0.717, 1.165) is 50.8 Å². The maximum absolute atomic E-state index is 10.4. The molecule has 2 heterocycles. The predicted octanol–water partition coefficient (Wildman–Crippen LogP) is 4.45. The Morgan fingerprint density at radius 1 is 1.19 bits per heavy atom. The molecule has 0 atom stereocenters. The van der Waals surface area contributed by atoms with Crippen LogP contribution in [0.5, 0.6) is 0 Å². The zero-order valence-corrected chi connectivity index (χ0v) is 16.7. The Labute approximate surface area is 165 Å². The second kappa shape index (κ2) is 7.56. The van der Waals surface area contributed by atoms with Gasteiger partial charge in [0.25, 0.3) is 11.7 Å². The highest BCUT2D eigenvalue weighted by Crippen LogP contribution is 2.26. The molecule has 2 aromatic carbocycles. The van der Waals surface area contributed by atoms with Crippen molar-refractivity contribution in [3.8, 4) is 0 Å². The van der Waals surface area contributed by atoms with Crippen LogP contribution in [0.15, 0.2) is 59.2 Å². The van der Waals surface area contributed by atoms with Gasteiger partial charge in [0.05, 0.1) is 5.39 Å². The number of aryl methyl sites for hydroxylation is 1. The maximum atomic E-state index is 10.4. The summed E-state index contributed by atoms with van der Waals surface area (Å²) in [6.45, 7) is 2.61. The van der Waals surface area contributed by atoms with Gasteiger partial charge in [-0.2, -0.15) is 4.73 Å². The molecule has 0 spiro atoms. The van der Waals surface area contributed by atoms with Gasteiger partial charge in [0, 0.05) is 21.7 Å². The van der Waals surface area contributed by atoms with Crippen LogP contribution in [-0.2, 0) is 13.0 Å². The molecule has 6 heteroatoms. The fraction of sp³-hybridized carbons (Fsp3) is 0.238. The molecule has 1 N–H and O–H groups in total. The highest BCUT2D eigenvalue weighted by atomic mass is 79.9. The van der Waals surface area contributed by atoms with E-state index in [0.29, 0.717) is 17.6 Å². The Morgan fingerprint density at radius 2 is 2.00 bits per heavy atom. The van der Waals surface area contributed by atoms with Gasteiger partial charge < -0.3 is 4.84 Å². The molecule has 0 fully saturated rings. The number of pyridine rings is 1. The molecule has 5 nitrogen and oxygen atoms in total. The third kappa shape index (κ3) is 3.49. The van der Waals surface area contributed by atoms with Crippen molar-refractivity contribution >= 4 is 37.9 Å². The summed E-state index contributed by atoms with van der Waals surface area (Å²) >= 11 is 3.47. The topological polar surface area (TPSA) is 51.2 Å². The van der Waals surface area contributed by atoms with E-state index in [1.54, 1.807) is 6.20 Å². The fourth-order valence-electron chi connectivity index (χ4n) is 3.23. The second-order valence-electron chi connectivity index (χ2n) is 6.55. The molecule has 4 rings (SSSR count). The van der Waals surface area contributed by atoms with Crippen molar-refractivity contribution in [2.75, 3.05) is 0 Å². The molecular formula is C21H21BrN3O2+. The number of hydrogen-bond acceptors (Lipinski definition) is 3. The average molecular weight is 427 g/mol. The highest BCUT2D eigenvalue weighted by molar-refractivity contribution is 9.10. The van der Waals surface area contributed by atoms with E-state index in [1.165, 1.54) is 0 Å². The average Bonchev–Trinajstić information content (AvgIpc) is 3.03. The minimum absolute atomic E-state index is 0.456. The summed E-state index contributed by atoms with van der Waals surface area (Å²) in [6.07, 6.45) is 4.57. The van der Waals surface area contributed by atoms with Crippen molar-refractivity contribution in [1.29, 1.82) is 0 Å². The number of fused-ring (bicyclic) bond motifs is 3. The first-order chi connectivity index (χ1) is 13.2. The third-order valence-electron chi connectivity index (χ3n) is 4.59. The predicted molar refractivity (Wildman–Crippen MR) is 108 cm³/mol. The minimum atomic E-state index is 0.456. The lowest BCUT2D eigenvalue weighted by Gasteiger charge is -2.11. The number of imidazole rings is 1. The van der Waals surface area contributed by atoms with E-state index >= 15 is 0 Å². The lowest BCUT2D eigenvalue weighted by Crippen LogP contribution is -2.30. The quantitative estimate of drug-likeness (QED) is 0.366. The lowest BCUT2D eigenvalue weighted by atomic mass is 10.2. The normalized spacial score (nSPS) is 11.3. The van der Waals surface area contributed by atoms with Crippen molar-refractivity contribution in [3.05, 3.63) is 70.6 Å². The second-order valence-corrected chi connectivity index (χ2v) is 7.47. The molecule has 0 aliphatic carbocycles. The number of unbranched alkanes of at least 4 members (excludes halogenated alkanes) is 1. The molecule has 27 heavy (non-hydrogen) atoms. The zero-order valence-electron chi connectivity index (χ0n) is 15.1. The van der Waals surface area contributed by atoms with Crippen molar-refractivity contribution in [2.24, 2.45) is 0 Å². The molecule has 0 radical (unpaired) electrons. The molecule has 0 saturated carbocycles. The van der Waals surface area contributed by atoms with E-state index in [9.17, 15) is 5.21 Å². The van der Waals surface area contributed by atoms with Crippen molar-refractivity contribution in [3.63, 3.8) is 0 Å². The first-order valence-electron chi connectivity index (χ1n) is 9.09. The van der Waals surface area contributed by atoms with Gasteiger partial charge in [0.1, 0.15) is 17.9 Å². The van der Waals surface area contributed by atoms with Crippen LogP contribution >= 0.6 is 15.9 Å². The zero-order chi connectivity index (χ0) is 18.8. The summed E-state index contributed by atoms with van der Waals surface area (Å²) in [5, 5.41) is 11.3. The van der Waals surface area contributed by atoms with Crippen LogP contribution < -0.4 is 9.57 Å². The number of aromatic nitrogens is 3. The Hall–Kier alpha value is -2.60. The van der Waals surface area contributed by atoms with E-state index in [1.807, 2.05) is 53.3 Å². The van der Waals surface area contributed by atoms with Crippen LogP contribution in [0.2, 0.25) is 0 Å². The summed E-state index contributed by atoms with van der Waals surface area (Å²) in [5.41, 5.74) is 3.39. The summed E-state index contributed by atoms with van der Waals surface area (Å²) in [6, 6.07) is 15.9. The Balaban J connectivity index is 1.86. The van der Waals surface area contributed by atoms with Gasteiger partial charge in [-0.25, -0.2) is 4.98 Å². The van der Waals surface area contributed by atoms with Crippen molar-refractivity contribution < 1.29 is 14.8 Å². The van der Waals surface area contributed by atoms with Crippen LogP contribution in [0.4, 0.5) is 0 Å². The van der Waals surface area contributed by atoms with Gasteiger partial charge in [-0.15, -0.1) is 0 Å². The van der Waals surface area contributed by atoms with E-state index in [2.05, 4.69) is 22.9 Å². The monoisotopic (exact) mass is 426 g/mol. The van der Waals surface area contributed by atoms with Crippen molar-refractivity contribution in [2.45, 2.75) is 32.8 Å². The molecular weight excluding hydrogens is 406 g/mol. The van der Waals surface area contributed by atoms with Gasteiger partial charge in [-0.3, -0.25) is 5.21 Å². The highest BCUT2D eigenvalue weighted by Gasteiger charge is 2.22. The fourth-order valence-corrected chi connectivity index (χ4v) is 3.58. The molecule has 0 aliphatic heterocycles. The van der Waals surface area contributed by atoms with Crippen LogP contribution in [0.3, 0.4) is 0 Å². The largest absolute Gasteiger partial charge is 0.407 e. The minimum Gasteiger partial charge on any atom is -0.407 e. The first kappa shape index (κ1) is 17.8. The molecule has 0 unspecified atom stereocenters. The Bertz CT molecular complexity index is 1090. The molecule has 4 aromatic rings.